The Morgan fingerprint density at radius 2 is 1.85 bits per heavy atom. The first kappa shape index (κ1) is 18.5. The van der Waals surface area contributed by atoms with Crippen molar-refractivity contribution in [2.45, 2.75) is 50.9 Å². The van der Waals surface area contributed by atoms with Gasteiger partial charge in [0.15, 0.2) is 0 Å². The molecule has 0 bridgehead atoms. The zero-order valence-corrected chi connectivity index (χ0v) is 16.8. The number of carbonyl (C=O) groups is 2. The molecule has 1 aromatic rings. The zero-order chi connectivity index (χ0) is 18.8. The Labute approximate surface area is 165 Å². The van der Waals surface area contributed by atoms with E-state index in [2.05, 4.69) is 12.1 Å². The van der Waals surface area contributed by atoms with E-state index in [-0.39, 0.29) is 12.0 Å². The number of thiophene rings is 1. The van der Waals surface area contributed by atoms with Gasteiger partial charge in [0, 0.05) is 35.6 Å². The highest BCUT2D eigenvalue weighted by molar-refractivity contribution is 7.10. The lowest BCUT2D eigenvalue weighted by Crippen LogP contribution is -2.38. The monoisotopic (exact) mass is 388 g/mol. The molecule has 0 N–H and O–H groups in total. The van der Waals surface area contributed by atoms with E-state index >= 15 is 0 Å². The molecule has 27 heavy (non-hydrogen) atoms. The van der Waals surface area contributed by atoms with Crippen LogP contribution in [0.1, 0.15) is 66.1 Å². The molecule has 2 fully saturated rings. The first-order valence-electron chi connectivity index (χ1n) is 10.1. The number of allylic oxidation sites excluding steroid dienone is 2. The number of amides is 2. The first-order valence-corrected chi connectivity index (χ1v) is 11.0. The molecular weight excluding hydrogens is 360 g/mol. The summed E-state index contributed by atoms with van der Waals surface area (Å²) in [7, 11) is 1.43. The molecule has 4 rings (SSSR count). The van der Waals surface area contributed by atoms with E-state index in [1.54, 1.807) is 16.2 Å². The minimum absolute atomic E-state index is 0.169. The van der Waals surface area contributed by atoms with E-state index in [9.17, 15) is 9.59 Å². The van der Waals surface area contributed by atoms with Gasteiger partial charge in [0.25, 0.3) is 5.91 Å². The number of hydrogen-bond donors (Lipinski definition) is 0. The average Bonchev–Trinajstić information content (AvgIpc) is 3.22. The summed E-state index contributed by atoms with van der Waals surface area (Å²) >= 11 is 1.69. The van der Waals surface area contributed by atoms with Crippen molar-refractivity contribution >= 4 is 23.3 Å². The van der Waals surface area contributed by atoms with E-state index in [1.807, 2.05) is 10.3 Å². The van der Waals surface area contributed by atoms with Gasteiger partial charge in [0.1, 0.15) is 0 Å². The van der Waals surface area contributed by atoms with Crippen LogP contribution in [0.25, 0.3) is 0 Å². The van der Waals surface area contributed by atoms with Crippen molar-refractivity contribution < 1.29 is 14.3 Å². The lowest BCUT2D eigenvalue weighted by atomic mass is 9.84. The summed E-state index contributed by atoms with van der Waals surface area (Å²) in [6.45, 7) is 2.29. The largest absolute Gasteiger partial charge is 0.453 e. The molecule has 1 atom stereocenters. The average molecular weight is 389 g/mol. The van der Waals surface area contributed by atoms with Crippen molar-refractivity contribution in [3.8, 4) is 0 Å². The minimum Gasteiger partial charge on any atom is -0.453 e. The maximum Gasteiger partial charge on any atom is 0.409 e. The third-order valence-electron chi connectivity index (χ3n) is 6.22. The molecule has 3 heterocycles. The highest BCUT2D eigenvalue weighted by atomic mass is 32.1. The van der Waals surface area contributed by atoms with Gasteiger partial charge in [-0.25, -0.2) is 4.79 Å². The molecule has 0 radical (unpaired) electrons. The lowest BCUT2D eigenvalue weighted by Gasteiger charge is -2.37. The standard InChI is InChI=1S/C21H28N2O3S/c1-26-21(25)22-11-8-16(9-12-22)19-13-17(14-27-19)20(24)23-10-4-6-15-5-2-3-7-18(15)23/h7,13-16H,2-6,8-12H2,1H3. The smallest absolute Gasteiger partial charge is 0.409 e. The molecular formula is C21H28N2O3S. The van der Waals surface area contributed by atoms with Crippen LogP contribution >= 0.6 is 11.3 Å². The Hall–Kier alpha value is -1.82. The number of piperidine rings is 2. The van der Waals surface area contributed by atoms with Crippen LogP contribution < -0.4 is 0 Å². The maximum atomic E-state index is 13.2. The van der Waals surface area contributed by atoms with Crippen LogP contribution in [0.4, 0.5) is 4.79 Å². The Morgan fingerprint density at radius 1 is 1.07 bits per heavy atom. The molecule has 2 aliphatic heterocycles. The first-order chi connectivity index (χ1) is 13.2. The van der Waals surface area contributed by atoms with Gasteiger partial charge in [-0.1, -0.05) is 6.08 Å². The van der Waals surface area contributed by atoms with Gasteiger partial charge in [-0.05, 0) is 62.8 Å². The fourth-order valence-corrected chi connectivity index (χ4v) is 5.76. The fourth-order valence-electron chi connectivity index (χ4n) is 4.71. The van der Waals surface area contributed by atoms with Gasteiger partial charge in [0.05, 0.1) is 12.7 Å². The zero-order valence-electron chi connectivity index (χ0n) is 16.0. The molecule has 0 aromatic carbocycles. The molecule has 146 valence electrons. The topological polar surface area (TPSA) is 49.9 Å². The van der Waals surface area contributed by atoms with Crippen molar-refractivity contribution in [2.24, 2.45) is 5.92 Å². The number of hydrogen-bond acceptors (Lipinski definition) is 4. The molecule has 1 aromatic heterocycles. The van der Waals surface area contributed by atoms with E-state index in [4.69, 9.17) is 4.74 Å². The highest BCUT2D eigenvalue weighted by Gasteiger charge is 2.32. The van der Waals surface area contributed by atoms with Crippen molar-refractivity contribution in [1.29, 1.82) is 0 Å². The second-order valence-corrected chi connectivity index (χ2v) is 8.77. The summed E-state index contributed by atoms with van der Waals surface area (Å²) in [4.78, 5) is 29.9. The number of fused-ring (bicyclic) bond motifs is 1. The predicted octanol–water partition coefficient (Wildman–Crippen LogP) is 4.61. The van der Waals surface area contributed by atoms with Crippen LogP contribution in [0, 0.1) is 5.92 Å². The quantitative estimate of drug-likeness (QED) is 0.743. The molecule has 2 saturated heterocycles. The van der Waals surface area contributed by atoms with E-state index in [1.165, 1.54) is 36.9 Å². The third kappa shape index (κ3) is 3.77. The lowest BCUT2D eigenvalue weighted by molar-refractivity contribution is 0.0749. The molecule has 1 unspecified atom stereocenters. The Balaban J connectivity index is 1.43. The highest BCUT2D eigenvalue weighted by Crippen LogP contribution is 2.37. The molecule has 0 spiro atoms. The van der Waals surface area contributed by atoms with Crippen LogP contribution in [-0.2, 0) is 4.74 Å². The third-order valence-corrected chi connectivity index (χ3v) is 7.31. The summed E-state index contributed by atoms with van der Waals surface area (Å²) < 4.78 is 4.81. The summed E-state index contributed by atoms with van der Waals surface area (Å²) in [6.07, 6.45) is 9.83. The molecule has 3 aliphatic rings. The summed E-state index contributed by atoms with van der Waals surface area (Å²) in [6, 6.07) is 2.10. The van der Waals surface area contributed by atoms with Crippen LogP contribution in [0.15, 0.2) is 23.2 Å². The van der Waals surface area contributed by atoms with Gasteiger partial charge in [-0.3, -0.25) is 4.79 Å². The second kappa shape index (κ2) is 8.05. The molecule has 5 nitrogen and oxygen atoms in total. The minimum atomic E-state index is -0.240. The van der Waals surface area contributed by atoms with Gasteiger partial charge in [0.2, 0.25) is 0 Å². The molecule has 1 aliphatic carbocycles. The number of nitrogens with zero attached hydrogens (tertiary/aromatic N) is 2. The maximum absolute atomic E-state index is 13.2. The van der Waals surface area contributed by atoms with Crippen LogP contribution in [0.3, 0.4) is 0 Å². The van der Waals surface area contributed by atoms with E-state index in [0.717, 1.165) is 50.9 Å². The van der Waals surface area contributed by atoms with Crippen molar-refractivity contribution in [3.05, 3.63) is 33.7 Å². The van der Waals surface area contributed by atoms with E-state index < -0.39 is 0 Å². The van der Waals surface area contributed by atoms with Gasteiger partial charge >= 0.3 is 6.09 Å². The number of carbonyl (C=O) groups excluding carboxylic acids is 2. The summed E-state index contributed by atoms with van der Waals surface area (Å²) in [5.41, 5.74) is 2.11. The normalized spacial score (nSPS) is 23.6. The molecule has 6 heteroatoms. The number of rotatable bonds is 2. The second-order valence-electron chi connectivity index (χ2n) is 7.82. The summed E-state index contributed by atoms with van der Waals surface area (Å²) in [5, 5.41) is 2.03. The molecule has 2 amide bonds. The van der Waals surface area contributed by atoms with Gasteiger partial charge in [-0.2, -0.15) is 0 Å². The van der Waals surface area contributed by atoms with Gasteiger partial charge < -0.3 is 14.5 Å². The number of likely N-dealkylation sites (tertiary alicyclic amines) is 2. The Kier molecular flexibility index (Phi) is 5.53. The van der Waals surface area contributed by atoms with Crippen molar-refractivity contribution in [3.63, 3.8) is 0 Å². The van der Waals surface area contributed by atoms with Crippen LogP contribution in [0.5, 0.6) is 0 Å². The Morgan fingerprint density at radius 3 is 2.63 bits per heavy atom. The molecule has 0 saturated carbocycles. The predicted molar refractivity (Wildman–Crippen MR) is 106 cm³/mol. The van der Waals surface area contributed by atoms with Crippen molar-refractivity contribution in [1.82, 2.24) is 9.80 Å². The number of ether oxygens (including phenoxy) is 1. The van der Waals surface area contributed by atoms with Crippen LogP contribution in [-0.4, -0.2) is 48.5 Å². The van der Waals surface area contributed by atoms with Gasteiger partial charge in [-0.15, -0.1) is 11.3 Å². The number of methoxy groups -OCH3 is 1. The van der Waals surface area contributed by atoms with E-state index in [0.29, 0.717) is 11.8 Å². The van der Waals surface area contributed by atoms with Crippen molar-refractivity contribution in [2.75, 3.05) is 26.7 Å². The van der Waals surface area contributed by atoms with Crippen LogP contribution in [0.2, 0.25) is 0 Å². The fraction of sp³-hybridized carbons (Fsp3) is 0.619. The SMILES string of the molecule is COC(=O)N1CCC(c2cc(C(=O)N3CCCC4CCCC=C43)cs2)CC1. The summed E-state index contributed by atoms with van der Waals surface area (Å²) in [5.74, 6) is 1.18. The Bertz CT molecular complexity index is 734.